The van der Waals surface area contributed by atoms with E-state index in [4.69, 9.17) is 0 Å². The summed E-state index contributed by atoms with van der Waals surface area (Å²) in [7, 11) is 6.13. The highest BCUT2D eigenvalue weighted by Gasteiger charge is 2.04. The number of hydrogen-bond donors (Lipinski definition) is 1. The maximum atomic E-state index is 3.13. The zero-order valence-corrected chi connectivity index (χ0v) is 8.09. The Bertz CT molecular complexity index is 109. The van der Waals surface area contributed by atoms with E-state index in [0.717, 1.165) is 12.3 Å². The van der Waals surface area contributed by atoms with Crippen molar-refractivity contribution in [3.8, 4) is 0 Å². The molecule has 3 heteroatoms. The predicted molar refractivity (Wildman–Crippen MR) is 49.2 cm³/mol. The van der Waals surface area contributed by atoms with Crippen molar-refractivity contribution in [2.24, 2.45) is 0 Å². The van der Waals surface area contributed by atoms with Crippen LogP contribution in [0.5, 0.6) is 0 Å². The Morgan fingerprint density at radius 3 is 2.40 bits per heavy atom. The van der Waals surface area contributed by atoms with E-state index in [-0.39, 0.29) is 0 Å². The van der Waals surface area contributed by atoms with Gasteiger partial charge in [-0.25, -0.2) is 4.58 Å². The number of nitrogens with one attached hydrogen (secondary N) is 1. The molecular weight excluding hydrogens is 144 g/mol. The lowest BCUT2D eigenvalue weighted by Crippen LogP contribution is -2.23. The summed E-state index contributed by atoms with van der Waals surface area (Å²) in [6, 6.07) is 0. The number of rotatable bonds is 3. The summed E-state index contributed by atoms with van der Waals surface area (Å²) >= 11 is 1.89. The highest BCUT2D eigenvalue weighted by atomic mass is 32.2. The van der Waals surface area contributed by atoms with E-state index in [9.17, 15) is 0 Å². The number of nitrogens with zero attached hydrogens (tertiary/aromatic N) is 1. The smallest absolute Gasteiger partial charge is 0.224 e. The molecule has 10 heavy (non-hydrogen) atoms. The second kappa shape index (κ2) is 5.74. The van der Waals surface area contributed by atoms with Crippen molar-refractivity contribution in [1.82, 2.24) is 5.32 Å². The van der Waals surface area contributed by atoms with Crippen molar-refractivity contribution in [2.75, 3.05) is 33.4 Å². The molecule has 0 radical (unpaired) electrons. The second-order valence-electron chi connectivity index (χ2n) is 2.25. The van der Waals surface area contributed by atoms with Crippen molar-refractivity contribution in [2.45, 2.75) is 6.92 Å². The molecule has 0 atom stereocenters. The van der Waals surface area contributed by atoms with E-state index in [2.05, 4.69) is 30.9 Å². The molecule has 0 heterocycles. The van der Waals surface area contributed by atoms with Crippen LogP contribution >= 0.6 is 11.8 Å². The number of hydrogen-bond acceptors (Lipinski definition) is 2. The van der Waals surface area contributed by atoms with Gasteiger partial charge >= 0.3 is 0 Å². The molecule has 0 aliphatic heterocycles. The van der Waals surface area contributed by atoms with E-state index in [0.29, 0.717) is 0 Å². The van der Waals surface area contributed by atoms with Crippen LogP contribution in [0.15, 0.2) is 0 Å². The molecule has 0 spiro atoms. The standard InChI is InChI=1S/C7H17N2S/c1-5-10-7(6-8-2)9(3)4/h8H,5-6H2,1-4H3/q+1. The minimum Gasteiger partial charge on any atom is -0.310 e. The van der Waals surface area contributed by atoms with Crippen LogP contribution in [-0.4, -0.2) is 43.1 Å². The van der Waals surface area contributed by atoms with Crippen molar-refractivity contribution < 1.29 is 4.58 Å². The Morgan fingerprint density at radius 2 is 2.10 bits per heavy atom. The summed E-state index contributed by atoms with van der Waals surface area (Å²) in [5.41, 5.74) is 0. The molecule has 0 aromatic rings. The SMILES string of the molecule is CCSC(CNC)=[N+](C)C. The molecule has 2 nitrogen and oxygen atoms in total. The number of thioether (sulfide) groups is 1. The summed E-state index contributed by atoms with van der Waals surface area (Å²) in [6.45, 7) is 3.15. The van der Waals surface area contributed by atoms with Crippen LogP contribution < -0.4 is 5.32 Å². The first-order valence-electron chi connectivity index (χ1n) is 3.53. The Morgan fingerprint density at radius 1 is 1.50 bits per heavy atom. The van der Waals surface area contributed by atoms with E-state index < -0.39 is 0 Å². The van der Waals surface area contributed by atoms with Gasteiger partial charge in [0.15, 0.2) is 0 Å². The van der Waals surface area contributed by atoms with Gasteiger partial charge in [-0.15, -0.1) is 0 Å². The third kappa shape index (κ3) is 3.90. The van der Waals surface area contributed by atoms with Crippen LogP contribution in [0.25, 0.3) is 0 Å². The molecule has 0 bridgehead atoms. The highest BCUT2D eigenvalue weighted by molar-refractivity contribution is 8.13. The van der Waals surface area contributed by atoms with Crippen molar-refractivity contribution in [3.05, 3.63) is 0 Å². The molecule has 0 rings (SSSR count). The lowest BCUT2D eigenvalue weighted by atomic mass is 10.7. The first-order chi connectivity index (χ1) is 4.72. The van der Waals surface area contributed by atoms with Crippen molar-refractivity contribution in [1.29, 1.82) is 0 Å². The van der Waals surface area contributed by atoms with Gasteiger partial charge in [-0.3, -0.25) is 0 Å². The average Bonchev–Trinajstić information content (AvgIpc) is 1.87. The summed E-state index contributed by atoms with van der Waals surface area (Å²) in [6.07, 6.45) is 0. The molecule has 60 valence electrons. The van der Waals surface area contributed by atoms with Gasteiger partial charge in [-0.05, 0) is 7.05 Å². The first-order valence-corrected chi connectivity index (χ1v) is 4.51. The van der Waals surface area contributed by atoms with Gasteiger partial charge in [-0.2, -0.15) is 0 Å². The van der Waals surface area contributed by atoms with E-state index in [1.807, 2.05) is 18.8 Å². The van der Waals surface area contributed by atoms with Gasteiger partial charge in [-0.1, -0.05) is 18.7 Å². The van der Waals surface area contributed by atoms with Crippen LogP contribution in [-0.2, 0) is 0 Å². The molecule has 0 aliphatic rings. The fraction of sp³-hybridized carbons (Fsp3) is 0.857. The average molecular weight is 161 g/mol. The van der Waals surface area contributed by atoms with Crippen molar-refractivity contribution in [3.63, 3.8) is 0 Å². The molecule has 0 fully saturated rings. The zero-order chi connectivity index (χ0) is 7.98. The Hall–Kier alpha value is -0.0200. The van der Waals surface area contributed by atoms with Gasteiger partial charge in [0.25, 0.3) is 0 Å². The third-order valence-electron chi connectivity index (χ3n) is 1.14. The van der Waals surface area contributed by atoms with Gasteiger partial charge in [0, 0.05) is 5.75 Å². The summed E-state index contributed by atoms with van der Waals surface area (Å²) < 4.78 is 2.16. The topological polar surface area (TPSA) is 15.0 Å². The molecule has 0 aliphatic carbocycles. The van der Waals surface area contributed by atoms with Crippen LogP contribution in [0.1, 0.15) is 6.92 Å². The van der Waals surface area contributed by atoms with Crippen LogP contribution in [0.2, 0.25) is 0 Å². The maximum Gasteiger partial charge on any atom is 0.224 e. The van der Waals surface area contributed by atoms with Crippen LogP contribution in [0.4, 0.5) is 0 Å². The fourth-order valence-electron chi connectivity index (χ4n) is 0.656. The van der Waals surface area contributed by atoms with E-state index >= 15 is 0 Å². The van der Waals surface area contributed by atoms with Crippen LogP contribution in [0.3, 0.4) is 0 Å². The molecule has 0 amide bonds. The minimum atomic E-state index is 0.978. The third-order valence-corrected chi connectivity index (χ3v) is 2.27. The normalized spacial score (nSPS) is 9.60. The molecule has 0 saturated heterocycles. The van der Waals surface area contributed by atoms with Crippen molar-refractivity contribution >= 4 is 16.8 Å². The molecule has 1 N–H and O–H groups in total. The Balaban J connectivity index is 3.86. The maximum absolute atomic E-state index is 3.13. The second-order valence-corrected chi connectivity index (χ2v) is 3.59. The Labute approximate surface area is 67.7 Å². The van der Waals surface area contributed by atoms with Gasteiger partial charge in [0.1, 0.15) is 14.1 Å². The lowest BCUT2D eigenvalue weighted by molar-refractivity contribution is -0.462. The zero-order valence-electron chi connectivity index (χ0n) is 7.27. The van der Waals surface area contributed by atoms with Crippen LogP contribution in [0, 0.1) is 0 Å². The minimum absolute atomic E-state index is 0.978. The monoisotopic (exact) mass is 161 g/mol. The Kier molecular flexibility index (Phi) is 5.73. The first kappa shape index (κ1) is 9.98. The predicted octanol–water partition coefficient (Wildman–Crippen LogP) is 0.629. The van der Waals surface area contributed by atoms with Gasteiger partial charge in [0.05, 0.1) is 6.54 Å². The summed E-state index contributed by atoms with van der Waals surface area (Å²) in [5.74, 6) is 1.15. The molecular formula is C7H17N2S+. The molecule has 0 aromatic carbocycles. The van der Waals surface area contributed by atoms with E-state index in [1.54, 1.807) is 0 Å². The summed E-state index contributed by atoms with van der Waals surface area (Å²) in [4.78, 5) is 0. The fourth-order valence-corrected chi connectivity index (χ4v) is 1.49. The van der Waals surface area contributed by atoms with Gasteiger partial charge < -0.3 is 5.32 Å². The molecule has 0 saturated carbocycles. The van der Waals surface area contributed by atoms with E-state index in [1.165, 1.54) is 5.04 Å². The lowest BCUT2D eigenvalue weighted by Gasteiger charge is -1.99. The highest BCUT2D eigenvalue weighted by Crippen LogP contribution is 2.00. The molecule has 0 aromatic heterocycles. The van der Waals surface area contributed by atoms with Gasteiger partial charge in [0.2, 0.25) is 5.04 Å². The largest absolute Gasteiger partial charge is 0.310 e. The quantitative estimate of drug-likeness (QED) is 0.371. The molecule has 0 unspecified atom stereocenters. The summed E-state index contributed by atoms with van der Waals surface area (Å²) in [5, 5.41) is 4.53.